The second kappa shape index (κ2) is 4.57. The molecule has 0 radical (unpaired) electrons. The predicted octanol–water partition coefficient (Wildman–Crippen LogP) is 3.38. The number of benzene rings is 1. The molecule has 4 heteroatoms. The fraction of sp³-hybridized carbons (Fsp3) is 0.571. The van der Waals surface area contributed by atoms with Crippen molar-refractivity contribution >= 4 is 0 Å². The van der Waals surface area contributed by atoms with Crippen LogP contribution in [0.1, 0.15) is 31.2 Å². The van der Waals surface area contributed by atoms with Crippen LogP contribution in [0.25, 0.3) is 0 Å². The fourth-order valence-corrected chi connectivity index (χ4v) is 2.56. The molecule has 98 valence electrons. The molecule has 1 nitrogen and oxygen atoms in total. The van der Waals surface area contributed by atoms with Gasteiger partial charge in [0.2, 0.25) is 0 Å². The summed E-state index contributed by atoms with van der Waals surface area (Å²) in [5, 5.41) is 3.32. The molecule has 0 unspecified atom stereocenters. The highest BCUT2D eigenvalue weighted by Crippen LogP contribution is 2.44. The van der Waals surface area contributed by atoms with Gasteiger partial charge in [-0.25, -0.2) is 13.2 Å². The summed E-state index contributed by atoms with van der Waals surface area (Å²) in [6, 6.07) is 2.00. The molecule has 18 heavy (non-hydrogen) atoms. The van der Waals surface area contributed by atoms with Gasteiger partial charge in [-0.2, -0.15) is 0 Å². The predicted molar refractivity (Wildman–Crippen MR) is 62.4 cm³/mol. The quantitative estimate of drug-likeness (QED) is 0.795. The summed E-state index contributed by atoms with van der Waals surface area (Å²) in [5.74, 6) is -1.39. The summed E-state index contributed by atoms with van der Waals surface area (Å²) >= 11 is 0. The molecule has 0 aliphatic heterocycles. The zero-order chi connectivity index (χ0) is 12.7. The van der Waals surface area contributed by atoms with Gasteiger partial charge in [0.25, 0.3) is 0 Å². The van der Waals surface area contributed by atoms with E-state index in [9.17, 15) is 13.2 Å². The molecule has 0 aromatic heterocycles. The van der Waals surface area contributed by atoms with E-state index in [0.29, 0.717) is 23.9 Å². The Kier molecular flexibility index (Phi) is 3.06. The summed E-state index contributed by atoms with van der Waals surface area (Å²) in [6.07, 6.45) is 4.92. The van der Waals surface area contributed by atoms with Gasteiger partial charge in [-0.15, -0.1) is 0 Å². The van der Waals surface area contributed by atoms with E-state index >= 15 is 0 Å². The SMILES string of the molecule is Fc1cc(F)c(CNC(C2CC2)C2CC2)cc1F. The second-order valence-corrected chi connectivity index (χ2v) is 5.44. The van der Waals surface area contributed by atoms with Crippen molar-refractivity contribution in [1.82, 2.24) is 5.32 Å². The van der Waals surface area contributed by atoms with Gasteiger partial charge in [-0.3, -0.25) is 0 Å². The van der Waals surface area contributed by atoms with Gasteiger partial charge in [0.1, 0.15) is 5.82 Å². The Balaban J connectivity index is 1.66. The van der Waals surface area contributed by atoms with E-state index in [1.54, 1.807) is 0 Å². The zero-order valence-electron chi connectivity index (χ0n) is 10.1. The Morgan fingerprint density at radius 2 is 1.50 bits per heavy atom. The molecule has 0 atom stereocenters. The molecule has 0 spiro atoms. The minimum atomic E-state index is -1.13. The highest BCUT2D eigenvalue weighted by atomic mass is 19.2. The van der Waals surface area contributed by atoms with Crippen LogP contribution in [0.2, 0.25) is 0 Å². The maximum atomic E-state index is 13.5. The largest absolute Gasteiger partial charge is 0.309 e. The highest BCUT2D eigenvalue weighted by Gasteiger charge is 2.41. The Morgan fingerprint density at radius 1 is 0.944 bits per heavy atom. The monoisotopic (exact) mass is 255 g/mol. The van der Waals surface area contributed by atoms with E-state index in [1.165, 1.54) is 25.7 Å². The summed E-state index contributed by atoms with van der Waals surface area (Å²) in [7, 11) is 0. The molecule has 0 amide bonds. The van der Waals surface area contributed by atoms with E-state index in [1.807, 2.05) is 0 Å². The molecule has 2 aliphatic carbocycles. The van der Waals surface area contributed by atoms with Crippen LogP contribution < -0.4 is 5.32 Å². The summed E-state index contributed by atoms with van der Waals surface area (Å²) in [4.78, 5) is 0. The first kappa shape index (κ1) is 12.0. The zero-order valence-corrected chi connectivity index (χ0v) is 10.1. The second-order valence-electron chi connectivity index (χ2n) is 5.44. The molecule has 3 rings (SSSR count). The standard InChI is InChI=1S/C14H16F3N/c15-11-6-13(17)12(16)5-10(11)7-18-14(8-1-2-8)9-3-4-9/h5-6,8-9,14,18H,1-4,7H2. The number of hydrogen-bond acceptors (Lipinski definition) is 1. The maximum absolute atomic E-state index is 13.5. The average molecular weight is 255 g/mol. The first-order valence-corrected chi connectivity index (χ1v) is 6.52. The summed E-state index contributed by atoms with van der Waals surface area (Å²) in [5.41, 5.74) is 0.209. The van der Waals surface area contributed by atoms with Gasteiger partial charge >= 0.3 is 0 Å². The van der Waals surface area contributed by atoms with Crippen molar-refractivity contribution in [2.24, 2.45) is 11.8 Å². The van der Waals surface area contributed by atoms with Gasteiger partial charge in [0.15, 0.2) is 11.6 Å². The van der Waals surface area contributed by atoms with Gasteiger partial charge < -0.3 is 5.32 Å². The molecule has 2 aliphatic rings. The fourth-order valence-electron chi connectivity index (χ4n) is 2.56. The molecule has 0 bridgehead atoms. The van der Waals surface area contributed by atoms with Crippen LogP contribution in [-0.2, 0) is 6.54 Å². The average Bonchev–Trinajstić information content (AvgIpc) is 3.17. The van der Waals surface area contributed by atoms with Crippen molar-refractivity contribution in [3.63, 3.8) is 0 Å². The topological polar surface area (TPSA) is 12.0 Å². The molecule has 1 aromatic rings. The van der Waals surface area contributed by atoms with E-state index in [-0.39, 0.29) is 12.1 Å². The Labute approximate surface area is 104 Å². The lowest BCUT2D eigenvalue weighted by Gasteiger charge is -2.18. The molecule has 2 saturated carbocycles. The third-order valence-corrected chi connectivity index (χ3v) is 3.88. The van der Waals surface area contributed by atoms with Crippen molar-refractivity contribution < 1.29 is 13.2 Å². The van der Waals surface area contributed by atoms with Crippen LogP contribution in [0.3, 0.4) is 0 Å². The van der Waals surface area contributed by atoms with Crippen LogP contribution in [0.4, 0.5) is 13.2 Å². The molecule has 1 N–H and O–H groups in total. The molecule has 1 aromatic carbocycles. The Morgan fingerprint density at radius 3 is 2.06 bits per heavy atom. The molecular formula is C14H16F3N. The highest BCUT2D eigenvalue weighted by molar-refractivity contribution is 5.20. The van der Waals surface area contributed by atoms with Crippen LogP contribution in [-0.4, -0.2) is 6.04 Å². The smallest absolute Gasteiger partial charge is 0.161 e. The lowest BCUT2D eigenvalue weighted by Crippen LogP contribution is -2.32. The normalized spacial score (nSPS) is 19.6. The van der Waals surface area contributed by atoms with Crippen molar-refractivity contribution in [2.45, 2.75) is 38.3 Å². The number of hydrogen-bond donors (Lipinski definition) is 1. The number of rotatable bonds is 5. The van der Waals surface area contributed by atoms with E-state index in [4.69, 9.17) is 0 Å². The number of nitrogens with one attached hydrogen (secondary N) is 1. The van der Waals surface area contributed by atoms with E-state index in [0.717, 1.165) is 6.07 Å². The summed E-state index contributed by atoms with van der Waals surface area (Å²) in [6.45, 7) is 0.278. The van der Waals surface area contributed by atoms with Crippen molar-refractivity contribution in [1.29, 1.82) is 0 Å². The number of halogens is 3. The van der Waals surface area contributed by atoms with Crippen molar-refractivity contribution in [2.75, 3.05) is 0 Å². The van der Waals surface area contributed by atoms with Crippen molar-refractivity contribution in [3.8, 4) is 0 Å². The van der Waals surface area contributed by atoms with E-state index in [2.05, 4.69) is 5.32 Å². The maximum Gasteiger partial charge on any atom is 0.161 e. The van der Waals surface area contributed by atoms with Crippen LogP contribution >= 0.6 is 0 Å². The first-order valence-electron chi connectivity index (χ1n) is 6.52. The van der Waals surface area contributed by atoms with Gasteiger partial charge in [0.05, 0.1) is 0 Å². The third kappa shape index (κ3) is 2.53. The van der Waals surface area contributed by atoms with Crippen LogP contribution in [0.15, 0.2) is 12.1 Å². The Hall–Kier alpha value is -1.03. The minimum Gasteiger partial charge on any atom is -0.309 e. The van der Waals surface area contributed by atoms with Crippen LogP contribution in [0.5, 0.6) is 0 Å². The summed E-state index contributed by atoms with van der Waals surface area (Å²) < 4.78 is 39.3. The molecule has 2 fully saturated rings. The minimum absolute atomic E-state index is 0.209. The van der Waals surface area contributed by atoms with Gasteiger partial charge in [-0.1, -0.05) is 0 Å². The molecule has 0 heterocycles. The lowest BCUT2D eigenvalue weighted by atomic mass is 10.1. The molecular weight excluding hydrogens is 239 g/mol. The van der Waals surface area contributed by atoms with E-state index < -0.39 is 17.5 Å². The Bertz CT molecular complexity index is 441. The van der Waals surface area contributed by atoms with Crippen molar-refractivity contribution in [3.05, 3.63) is 35.1 Å². The third-order valence-electron chi connectivity index (χ3n) is 3.88. The van der Waals surface area contributed by atoms with Crippen LogP contribution in [0, 0.1) is 29.3 Å². The lowest BCUT2D eigenvalue weighted by molar-refractivity contribution is 0.408. The first-order chi connectivity index (χ1) is 8.65. The molecule has 0 saturated heterocycles. The van der Waals surface area contributed by atoms with Gasteiger partial charge in [-0.05, 0) is 43.6 Å². The van der Waals surface area contributed by atoms with Gasteiger partial charge in [0, 0.05) is 24.2 Å².